The van der Waals surface area contributed by atoms with E-state index < -0.39 is 10.6 Å². The molecular formula is C9H12BrN3O3. The third kappa shape index (κ3) is 3.13. The van der Waals surface area contributed by atoms with Crippen molar-refractivity contribution in [3.8, 4) is 0 Å². The highest BCUT2D eigenvalue weighted by atomic mass is 79.9. The normalized spacial score (nSPS) is 11.4. The van der Waals surface area contributed by atoms with Gasteiger partial charge < -0.3 is 0 Å². The van der Waals surface area contributed by atoms with Crippen LogP contribution in [0.4, 0.5) is 5.69 Å². The monoisotopic (exact) mass is 289 g/mol. The van der Waals surface area contributed by atoms with Gasteiger partial charge in [0.2, 0.25) is 0 Å². The second-order valence-electron chi connectivity index (χ2n) is 4.28. The summed E-state index contributed by atoms with van der Waals surface area (Å²) in [6.45, 7) is 4.28. The van der Waals surface area contributed by atoms with E-state index in [1.807, 2.05) is 13.8 Å². The molecule has 0 aliphatic heterocycles. The Hall–Kier alpha value is -1.24. The Kier molecular flexibility index (Phi) is 3.79. The van der Waals surface area contributed by atoms with Crippen LogP contribution in [0, 0.1) is 15.5 Å². The zero-order valence-corrected chi connectivity index (χ0v) is 10.6. The third-order valence-corrected chi connectivity index (χ3v) is 3.53. The van der Waals surface area contributed by atoms with E-state index in [1.165, 1.54) is 10.8 Å². The van der Waals surface area contributed by atoms with Crippen LogP contribution >= 0.6 is 15.9 Å². The molecule has 1 rings (SSSR count). The molecule has 7 heteroatoms. The average Bonchev–Trinajstić information content (AvgIpc) is 2.21. The summed E-state index contributed by atoms with van der Waals surface area (Å²) in [6.07, 6.45) is 2.19. The van der Waals surface area contributed by atoms with Crippen LogP contribution in [0.2, 0.25) is 0 Å². The van der Waals surface area contributed by atoms with Crippen LogP contribution in [-0.4, -0.2) is 19.8 Å². The smallest absolute Gasteiger partial charge is 0.292 e. The van der Waals surface area contributed by atoms with Crippen molar-refractivity contribution >= 4 is 21.6 Å². The van der Waals surface area contributed by atoms with Gasteiger partial charge in [-0.15, -0.1) is 0 Å². The predicted molar refractivity (Wildman–Crippen MR) is 62.7 cm³/mol. The van der Waals surface area contributed by atoms with E-state index in [2.05, 4.69) is 20.9 Å². The van der Waals surface area contributed by atoms with Crippen molar-refractivity contribution in [3.05, 3.63) is 33.0 Å². The molecule has 1 aromatic rings. The molecule has 0 unspecified atom stereocenters. The van der Waals surface area contributed by atoms with Gasteiger partial charge in [0.25, 0.3) is 0 Å². The molecule has 0 saturated carbocycles. The number of alkyl halides is 1. The van der Waals surface area contributed by atoms with Crippen molar-refractivity contribution in [3.63, 3.8) is 0 Å². The highest BCUT2D eigenvalue weighted by Gasteiger charge is 2.19. The fourth-order valence-electron chi connectivity index (χ4n) is 1.15. The van der Waals surface area contributed by atoms with Gasteiger partial charge in [0.15, 0.2) is 0 Å². The standard InChI is InChI=1S/C9H12BrN3O3/c1-9(2,5-10)6-12-4-7(13(15)16)3-11-8(12)14/h3-4H,5-6H2,1-2H3. The van der Waals surface area contributed by atoms with Gasteiger partial charge in [-0.25, -0.2) is 4.79 Å². The second kappa shape index (κ2) is 4.73. The molecule has 6 nitrogen and oxygen atoms in total. The molecule has 16 heavy (non-hydrogen) atoms. The summed E-state index contributed by atoms with van der Waals surface area (Å²) in [6, 6.07) is 0. The number of nitro groups is 1. The number of nitrogens with zero attached hydrogens (tertiary/aromatic N) is 3. The molecule has 1 aromatic heterocycles. The Morgan fingerprint density at radius 3 is 2.75 bits per heavy atom. The lowest BCUT2D eigenvalue weighted by Crippen LogP contribution is -2.30. The number of rotatable bonds is 4. The molecule has 0 atom stereocenters. The Balaban J connectivity index is 3.09. The van der Waals surface area contributed by atoms with E-state index in [4.69, 9.17) is 0 Å². The summed E-state index contributed by atoms with van der Waals surface area (Å²) in [5, 5.41) is 11.2. The molecule has 0 N–H and O–H groups in total. The third-order valence-electron chi connectivity index (χ3n) is 2.01. The van der Waals surface area contributed by atoms with Crippen LogP contribution in [0.25, 0.3) is 0 Å². The predicted octanol–water partition coefficient (Wildman–Crippen LogP) is 1.57. The first kappa shape index (κ1) is 12.8. The fourth-order valence-corrected chi connectivity index (χ4v) is 1.33. The number of aromatic nitrogens is 2. The van der Waals surface area contributed by atoms with Crippen LogP contribution in [0.3, 0.4) is 0 Å². The lowest BCUT2D eigenvalue weighted by Gasteiger charge is -2.21. The maximum absolute atomic E-state index is 11.4. The van der Waals surface area contributed by atoms with Gasteiger partial charge in [-0.3, -0.25) is 14.7 Å². The van der Waals surface area contributed by atoms with Gasteiger partial charge in [0.05, 0.1) is 11.1 Å². The summed E-state index contributed by atoms with van der Waals surface area (Å²) in [5.74, 6) is 0. The van der Waals surface area contributed by atoms with Crippen molar-refractivity contribution < 1.29 is 4.92 Å². The van der Waals surface area contributed by atoms with Crippen molar-refractivity contribution in [2.45, 2.75) is 20.4 Å². The van der Waals surface area contributed by atoms with Gasteiger partial charge >= 0.3 is 11.4 Å². The van der Waals surface area contributed by atoms with E-state index in [0.717, 1.165) is 6.20 Å². The molecule has 0 radical (unpaired) electrons. The van der Waals surface area contributed by atoms with Gasteiger partial charge in [0.1, 0.15) is 6.20 Å². The topological polar surface area (TPSA) is 78.0 Å². The van der Waals surface area contributed by atoms with Crippen molar-refractivity contribution in [1.82, 2.24) is 9.55 Å². The summed E-state index contributed by atoms with van der Waals surface area (Å²) >= 11 is 3.33. The first-order chi connectivity index (χ1) is 7.35. The summed E-state index contributed by atoms with van der Waals surface area (Å²) in [4.78, 5) is 24.8. The number of hydrogen-bond acceptors (Lipinski definition) is 4. The van der Waals surface area contributed by atoms with E-state index in [1.54, 1.807) is 0 Å². The minimum atomic E-state index is -0.565. The Labute approximate surface area is 101 Å². The lowest BCUT2D eigenvalue weighted by molar-refractivity contribution is -0.385. The van der Waals surface area contributed by atoms with Crippen LogP contribution in [-0.2, 0) is 6.54 Å². The largest absolute Gasteiger partial charge is 0.347 e. The molecule has 0 aliphatic carbocycles. The van der Waals surface area contributed by atoms with Gasteiger partial charge in [-0.05, 0) is 5.41 Å². The van der Waals surface area contributed by atoms with Gasteiger partial charge in [0, 0.05) is 11.9 Å². The average molecular weight is 290 g/mol. The first-order valence-corrected chi connectivity index (χ1v) is 5.75. The molecule has 0 aliphatic rings. The Morgan fingerprint density at radius 2 is 2.25 bits per heavy atom. The molecule has 0 bridgehead atoms. The van der Waals surface area contributed by atoms with E-state index in [9.17, 15) is 14.9 Å². The van der Waals surface area contributed by atoms with Crippen molar-refractivity contribution in [2.24, 2.45) is 5.41 Å². The molecule has 0 saturated heterocycles. The van der Waals surface area contributed by atoms with Crippen molar-refractivity contribution in [1.29, 1.82) is 0 Å². The second-order valence-corrected chi connectivity index (χ2v) is 4.84. The molecule has 88 valence electrons. The SMILES string of the molecule is CC(C)(CBr)Cn1cc([N+](=O)[O-])cnc1=O. The zero-order valence-electron chi connectivity index (χ0n) is 9.01. The Morgan fingerprint density at radius 1 is 1.62 bits per heavy atom. The molecule has 1 heterocycles. The number of hydrogen-bond donors (Lipinski definition) is 0. The lowest BCUT2D eigenvalue weighted by atomic mass is 9.97. The molecular weight excluding hydrogens is 278 g/mol. The van der Waals surface area contributed by atoms with Crippen LogP contribution in [0.1, 0.15) is 13.8 Å². The Bertz CT molecular complexity index is 456. The molecule has 0 amide bonds. The van der Waals surface area contributed by atoms with Crippen LogP contribution in [0.5, 0.6) is 0 Å². The van der Waals surface area contributed by atoms with E-state index in [-0.39, 0.29) is 11.1 Å². The van der Waals surface area contributed by atoms with Gasteiger partial charge in [-0.2, -0.15) is 4.98 Å². The van der Waals surface area contributed by atoms with Gasteiger partial charge in [-0.1, -0.05) is 29.8 Å². The highest BCUT2D eigenvalue weighted by Crippen LogP contribution is 2.20. The fraction of sp³-hybridized carbons (Fsp3) is 0.556. The van der Waals surface area contributed by atoms with E-state index in [0.29, 0.717) is 11.9 Å². The molecule has 0 fully saturated rings. The zero-order chi connectivity index (χ0) is 12.3. The van der Waals surface area contributed by atoms with Crippen LogP contribution < -0.4 is 5.69 Å². The maximum Gasteiger partial charge on any atom is 0.347 e. The molecule has 0 aromatic carbocycles. The number of halogens is 1. The quantitative estimate of drug-likeness (QED) is 0.479. The van der Waals surface area contributed by atoms with Crippen LogP contribution in [0.15, 0.2) is 17.2 Å². The summed E-state index contributed by atoms with van der Waals surface area (Å²) in [7, 11) is 0. The summed E-state index contributed by atoms with van der Waals surface area (Å²) < 4.78 is 1.26. The molecule has 0 spiro atoms. The maximum atomic E-state index is 11.4. The summed E-state index contributed by atoms with van der Waals surface area (Å²) in [5.41, 5.74) is -0.814. The minimum absolute atomic E-state index is 0.166. The first-order valence-electron chi connectivity index (χ1n) is 4.62. The van der Waals surface area contributed by atoms with E-state index >= 15 is 0 Å². The van der Waals surface area contributed by atoms with Crippen molar-refractivity contribution in [2.75, 3.05) is 5.33 Å². The minimum Gasteiger partial charge on any atom is -0.292 e. The highest BCUT2D eigenvalue weighted by molar-refractivity contribution is 9.09.